The van der Waals surface area contributed by atoms with Crippen LogP contribution in [0.2, 0.25) is 0 Å². The number of methoxy groups -OCH3 is 1. The van der Waals surface area contributed by atoms with Crippen molar-refractivity contribution in [3.05, 3.63) is 53.6 Å². The minimum Gasteiger partial charge on any atom is -0.469 e. The molecule has 1 fully saturated rings. The van der Waals surface area contributed by atoms with E-state index in [1.54, 1.807) is 72.7 Å². The van der Waals surface area contributed by atoms with Gasteiger partial charge in [0.25, 0.3) is 0 Å². The molecule has 45 heavy (non-hydrogen) atoms. The Morgan fingerprint density at radius 1 is 0.889 bits per heavy atom. The van der Waals surface area contributed by atoms with Crippen LogP contribution in [0.25, 0.3) is 22.2 Å². The second-order valence-corrected chi connectivity index (χ2v) is 15.1. The van der Waals surface area contributed by atoms with Gasteiger partial charge >= 0.3 is 18.0 Å². The van der Waals surface area contributed by atoms with Gasteiger partial charge in [0.1, 0.15) is 16.1 Å². The fourth-order valence-electron chi connectivity index (χ4n) is 5.77. The number of hydrogen-bond acceptors (Lipinski definition) is 8. The SMILES string of the molecule is COC(=O)C(C)c1c(-c2cccc(C(=O)OC(C)(C)C)c2S(=O)(=O)NC2CCCCC2)n(C(=O)OC(C)(C)C)c2ccccc12. The molecular formula is C34H44N2O8S. The normalized spacial score (nSPS) is 15.5. The first-order chi connectivity index (χ1) is 20.9. The minimum absolute atomic E-state index is 0.0504. The number of fused-ring (bicyclic) bond motifs is 1. The fraction of sp³-hybridized carbons (Fsp3) is 0.500. The number of nitrogens with zero attached hydrogens (tertiary/aromatic N) is 1. The molecule has 1 aromatic heterocycles. The van der Waals surface area contributed by atoms with Gasteiger partial charge in [0.2, 0.25) is 10.0 Å². The predicted octanol–water partition coefficient (Wildman–Crippen LogP) is 6.93. The van der Waals surface area contributed by atoms with Crippen molar-refractivity contribution in [3.8, 4) is 11.3 Å². The zero-order chi connectivity index (χ0) is 33.3. The number of para-hydroxylation sites is 1. The summed E-state index contributed by atoms with van der Waals surface area (Å²) in [4.78, 5) is 40.4. The van der Waals surface area contributed by atoms with Crippen molar-refractivity contribution in [3.63, 3.8) is 0 Å². The zero-order valence-electron chi connectivity index (χ0n) is 27.4. The highest BCUT2D eigenvalue weighted by Gasteiger charge is 2.37. The Hall–Kier alpha value is -3.70. The Bertz CT molecular complexity index is 1700. The lowest BCUT2D eigenvalue weighted by Gasteiger charge is -2.26. The molecule has 1 saturated carbocycles. The Balaban J connectivity index is 2.14. The van der Waals surface area contributed by atoms with Crippen LogP contribution in [0, 0.1) is 0 Å². The number of rotatable bonds is 7. The molecule has 0 aliphatic heterocycles. The van der Waals surface area contributed by atoms with Crippen LogP contribution in [-0.4, -0.2) is 55.4 Å². The lowest BCUT2D eigenvalue weighted by Crippen LogP contribution is -2.37. The molecule has 3 aromatic rings. The predicted molar refractivity (Wildman–Crippen MR) is 172 cm³/mol. The quantitative estimate of drug-likeness (QED) is 0.217. The van der Waals surface area contributed by atoms with Crippen molar-refractivity contribution in [1.29, 1.82) is 0 Å². The summed E-state index contributed by atoms with van der Waals surface area (Å²) in [6.07, 6.45) is 3.31. The summed E-state index contributed by atoms with van der Waals surface area (Å²) in [6.45, 7) is 11.9. The van der Waals surface area contributed by atoms with Crippen molar-refractivity contribution in [1.82, 2.24) is 9.29 Å². The molecule has 0 spiro atoms. The van der Waals surface area contributed by atoms with Gasteiger partial charge in [-0.05, 0) is 73.4 Å². The number of carbonyl (C=O) groups is 3. The standard InChI is InChI=1S/C34H44N2O8S/c1-21(30(37)42-8)27-23-17-12-13-20-26(23)36(32(39)44-34(5,6)7)28(27)24-18-14-19-25(31(38)43-33(2,3)4)29(24)45(40,41)35-22-15-10-9-11-16-22/h12-14,17-22,35H,9-11,15-16H2,1-8H3. The third kappa shape index (κ3) is 7.58. The van der Waals surface area contributed by atoms with E-state index < -0.39 is 45.2 Å². The summed E-state index contributed by atoms with van der Waals surface area (Å²) < 4.78 is 49.6. The average molecular weight is 641 g/mol. The van der Waals surface area contributed by atoms with E-state index in [0.717, 1.165) is 19.3 Å². The second-order valence-electron chi connectivity index (χ2n) is 13.5. The number of esters is 2. The molecule has 11 heteroatoms. The van der Waals surface area contributed by atoms with E-state index in [0.29, 0.717) is 29.3 Å². The molecule has 0 saturated heterocycles. The Morgan fingerprint density at radius 2 is 1.51 bits per heavy atom. The van der Waals surface area contributed by atoms with E-state index in [2.05, 4.69) is 4.72 Å². The van der Waals surface area contributed by atoms with Crippen molar-refractivity contribution in [2.75, 3.05) is 7.11 Å². The number of sulfonamides is 1. The van der Waals surface area contributed by atoms with Gasteiger partial charge in [-0.3, -0.25) is 4.79 Å². The molecule has 2 aromatic carbocycles. The van der Waals surface area contributed by atoms with Gasteiger partial charge in [-0.15, -0.1) is 0 Å². The highest BCUT2D eigenvalue weighted by atomic mass is 32.2. The van der Waals surface area contributed by atoms with Gasteiger partial charge in [-0.1, -0.05) is 49.6 Å². The van der Waals surface area contributed by atoms with E-state index in [1.165, 1.54) is 29.9 Å². The maximum Gasteiger partial charge on any atom is 0.419 e. The molecule has 1 unspecified atom stereocenters. The number of carbonyl (C=O) groups excluding carboxylic acids is 3. The number of ether oxygens (including phenoxy) is 3. The summed E-state index contributed by atoms with van der Waals surface area (Å²) in [5, 5.41) is 0.530. The van der Waals surface area contributed by atoms with Crippen LogP contribution < -0.4 is 4.72 Å². The van der Waals surface area contributed by atoms with Crippen LogP contribution in [0.5, 0.6) is 0 Å². The van der Waals surface area contributed by atoms with E-state index >= 15 is 0 Å². The van der Waals surface area contributed by atoms with Gasteiger partial charge < -0.3 is 14.2 Å². The van der Waals surface area contributed by atoms with E-state index in [-0.39, 0.29) is 27.8 Å². The Kier molecular flexibility index (Phi) is 9.84. The number of nitrogens with one attached hydrogen (secondary N) is 1. The topological polar surface area (TPSA) is 130 Å². The second kappa shape index (κ2) is 13.0. The van der Waals surface area contributed by atoms with Gasteiger partial charge in [0.15, 0.2) is 0 Å². The maximum atomic E-state index is 14.4. The molecule has 1 aliphatic carbocycles. The monoisotopic (exact) mass is 640 g/mol. The molecule has 0 bridgehead atoms. The first-order valence-electron chi connectivity index (χ1n) is 15.3. The molecule has 1 atom stereocenters. The molecule has 10 nitrogen and oxygen atoms in total. The number of hydrogen-bond donors (Lipinski definition) is 1. The zero-order valence-corrected chi connectivity index (χ0v) is 28.2. The largest absolute Gasteiger partial charge is 0.469 e. The first kappa shape index (κ1) is 34.2. The molecule has 0 radical (unpaired) electrons. The minimum atomic E-state index is -4.39. The van der Waals surface area contributed by atoms with Crippen molar-refractivity contribution < 1.29 is 37.0 Å². The number of aromatic nitrogens is 1. The smallest absolute Gasteiger partial charge is 0.419 e. The van der Waals surface area contributed by atoms with Gasteiger partial charge in [0.05, 0.1) is 29.8 Å². The molecular weight excluding hydrogens is 596 g/mol. The van der Waals surface area contributed by atoms with Crippen molar-refractivity contribution in [2.24, 2.45) is 0 Å². The van der Waals surface area contributed by atoms with Crippen LogP contribution in [0.3, 0.4) is 0 Å². The van der Waals surface area contributed by atoms with Crippen LogP contribution in [-0.2, 0) is 29.0 Å². The van der Waals surface area contributed by atoms with E-state index in [1.807, 2.05) is 0 Å². The fourth-order valence-corrected chi connectivity index (χ4v) is 7.45. The van der Waals surface area contributed by atoms with Gasteiger partial charge in [-0.25, -0.2) is 27.3 Å². The van der Waals surface area contributed by atoms with Crippen LogP contribution >= 0.6 is 0 Å². The van der Waals surface area contributed by atoms with Gasteiger partial charge in [0, 0.05) is 22.6 Å². The van der Waals surface area contributed by atoms with E-state index in [4.69, 9.17) is 14.2 Å². The van der Waals surface area contributed by atoms with Crippen LogP contribution in [0.4, 0.5) is 4.79 Å². The third-order valence-electron chi connectivity index (χ3n) is 7.56. The highest BCUT2D eigenvalue weighted by Crippen LogP contribution is 2.43. The Morgan fingerprint density at radius 3 is 2.11 bits per heavy atom. The Labute approximate surface area is 265 Å². The lowest BCUT2D eigenvalue weighted by molar-refractivity contribution is -0.141. The van der Waals surface area contributed by atoms with Gasteiger partial charge in [-0.2, -0.15) is 0 Å². The highest BCUT2D eigenvalue weighted by molar-refractivity contribution is 7.89. The van der Waals surface area contributed by atoms with Crippen LogP contribution in [0.15, 0.2) is 47.4 Å². The summed E-state index contributed by atoms with van der Waals surface area (Å²) in [7, 11) is -3.12. The van der Waals surface area contributed by atoms with E-state index in [9.17, 15) is 22.8 Å². The van der Waals surface area contributed by atoms with Crippen molar-refractivity contribution >= 4 is 39.0 Å². The summed E-state index contributed by atoms with van der Waals surface area (Å²) in [6, 6.07) is 11.1. The molecule has 4 rings (SSSR count). The first-order valence-corrected chi connectivity index (χ1v) is 16.8. The third-order valence-corrected chi connectivity index (χ3v) is 9.18. The van der Waals surface area contributed by atoms with Crippen LogP contribution in [0.1, 0.15) is 102 Å². The molecule has 1 N–H and O–H groups in total. The summed E-state index contributed by atoms with van der Waals surface area (Å²) >= 11 is 0. The summed E-state index contributed by atoms with van der Waals surface area (Å²) in [5.41, 5.74) is -1.09. The average Bonchev–Trinajstić information content (AvgIpc) is 3.29. The lowest BCUT2D eigenvalue weighted by atomic mass is 9.94. The molecule has 1 heterocycles. The summed E-state index contributed by atoms with van der Waals surface area (Å²) in [5.74, 6) is -2.35. The van der Waals surface area contributed by atoms with Crippen molar-refractivity contribution in [2.45, 2.75) is 109 Å². The maximum absolute atomic E-state index is 14.4. The molecule has 1 aliphatic rings. The molecule has 0 amide bonds. The number of benzene rings is 2. The molecule has 244 valence electrons.